The number of nitrogens with zero attached hydrogens (tertiary/aromatic N) is 1. The molecule has 1 saturated heterocycles. The summed E-state index contributed by atoms with van der Waals surface area (Å²) in [7, 11) is 0. The zero-order valence-electron chi connectivity index (χ0n) is 30.7. The van der Waals surface area contributed by atoms with E-state index in [1.54, 1.807) is 20.8 Å². The van der Waals surface area contributed by atoms with Gasteiger partial charge in [0.25, 0.3) is 5.91 Å². The van der Waals surface area contributed by atoms with E-state index >= 15 is 0 Å². The zero-order valence-corrected chi connectivity index (χ0v) is 32.2. The van der Waals surface area contributed by atoms with Gasteiger partial charge in [-0.25, -0.2) is 4.79 Å². The highest BCUT2D eigenvalue weighted by molar-refractivity contribution is 6.44. The Morgan fingerprint density at radius 2 is 1.57 bits per heavy atom. The van der Waals surface area contributed by atoms with Crippen LogP contribution in [0.1, 0.15) is 85.3 Å². The number of benzene rings is 1. The minimum Gasteiger partial charge on any atom is -0.366 e. The molecule has 5 amide bonds. The number of hydrogen-bond donors (Lipinski definition) is 5. The molecule has 12 nitrogen and oxygen atoms in total. The third kappa shape index (κ3) is 10.1. The molecular formula is C37H55Cl2N5O7. The summed E-state index contributed by atoms with van der Waals surface area (Å²) in [6, 6.07) is 2.82. The van der Waals surface area contributed by atoms with E-state index in [9.17, 15) is 29.1 Å². The number of amides is 5. The standard InChI is InChI=1S/C37H55Cl2N5O7/c1-19-18-44(27(25(19)30(38)39)32(47)41-24(28(45)31(40)46)15-20-11-10-12-20)33(48)26(23-16-21-13-8-9-14-22(21)17-23)42-35(50)43-29(36(2,3)4)34(49)51-37(5,6)7/h8-9,13-14,19-20,23-27,29-30,34,49H,10-12,15-18H2,1-7H3,(H2,40,46)(H,41,47)(H2,42,43,50)/t19-,24?,25-,26-,27-,29+,34?/m0/s1. The lowest BCUT2D eigenvalue weighted by molar-refractivity contribution is -0.191. The molecule has 7 atom stereocenters. The van der Waals surface area contributed by atoms with Gasteiger partial charge < -0.3 is 36.4 Å². The average molecular weight is 753 g/mol. The Morgan fingerprint density at radius 3 is 2.04 bits per heavy atom. The van der Waals surface area contributed by atoms with Crippen molar-refractivity contribution >= 4 is 52.7 Å². The van der Waals surface area contributed by atoms with Crippen LogP contribution in [0.2, 0.25) is 0 Å². The highest BCUT2D eigenvalue weighted by atomic mass is 35.5. The highest BCUT2D eigenvalue weighted by Crippen LogP contribution is 2.39. The normalized spacial score (nSPS) is 23.5. The number of likely N-dealkylation sites (tertiary alicyclic amines) is 1. The van der Waals surface area contributed by atoms with Gasteiger partial charge in [0.1, 0.15) is 16.9 Å². The second-order valence-corrected chi connectivity index (χ2v) is 17.8. The van der Waals surface area contributed by atoms with Crippen LogP contribution in [0.15, 0.2) is 24.3 Å². The number of carbonyl (C=O) groups is 5. The lowest BCUT2D eigenvalue weighted by Gasteiger charge is -2.38. The van der Waals surface area contributed by atoms with Crippen molar-refractivity contribution < 1.29 is 33.8 Å². The second-order valence-electron chi connectivity index (χ2n) is 16.6. The maximum Gasteiger partial charge on any atom is 0.315 e. The van der Waals surface area contributed by atoms with Crippen LogP contribution in [0.3, 0.4) is 0 Å². The van der Waals surface area contributed by atoms with Crippen LogP contribution in [0.4, 0.5) is 4.79 Å². The predicted octanol–water partition coefficient (Wildman–Crippen LogP) is 3.61. The highest BCUT2D eigenvalue weighted by Gasteiger charge is 2.52. The van der Waals surface area contributed by atoms with Gasteiger partial charge in [-0.2, -0.15) is 0 Å². The predicted molar refractivity (Wildman–Crippen MR) is 195 cm³/mol. The van der Waals surface area contributed by atoms with Gasteiger partial charge in [0.15, 0.2) is 6.29 Å². The fraction of sp³-hybridized carbons (Fsp3) is 0.703. The molecule has 1 aromatic carbocycles. The van der Waals surface area contributed by atoms with Gasteiger partial charge >= 0.3 is 6.03 Å². The number of Topliss-reactive ketones (excluding diaryl/α,β-unsaturated/α-hetero) is 1. The van der Waals surface area contributed by atoms with Crippen LogP contribution in [-0.4, -0.2) is 87.0 Å². The maximum absolute atomic E-state index is 14.8. The number of nitrogens with two attached hydrogens (primary N) is 1. The Labute approximate surface area is 311 Å². The van der Waals surface area contributed by atoms with Crippen molar-refractivity contribution in [2.45, 2.75) is 128 Å². The molecule has 0 spiro atoms. The molecule has 2 fully saturated rings. The van der Waals surface area contributed by atoms with Crippen LogP contribution >= 0.6 is 23.2 Å². The molecule has 0 radical (unpaired) electrons. The van der Waals surface area contributed by atoms with Crippen LogP contribution in [0.5, 0.6) is 0 Å². The lowest BCUT2D eigenvalue weighted by atomic mass is 9.80. The van der Waals surface area contributed by atoms with Gasteiger partial charge in [-0.3, -0.25) is 19.2 Å². The van der Waals surface area contributed by atoms with E-state index in [1.807, 2.05) is 52.0 Å². The third-order valence-corrected chi connectivity index (χ3v) is 11.0. The Hall–Kier alpha value is -2.93. The summed E-state index contributed by atoms with van der Waals surface area (Å²) in [4.78, 5) is 68.0. The van der Waals surface area contributed by atoms with Crippen LogP contribution in [-0.2, 0) is 36.8 Å². The first-order chi connectivity index (χ1) is 23.7. The molecule has 284 valence electrons. The second kappa shape index (κ2) is 16.4. The van der Waals surface area contributed by atoms with E-state index in [2.05, 4.69) is 16.0 Å². The summed E-state index contributed by atoms with van der Waals surface area (Å²) in [6.07, 6.45) is 2.63. The molecule has 0 aromatic heterocycles. The van der Waals surface area contributed by atoms with Gasteiger partial charge in [-0.15, -0.1) is 23.2 Å². The van der Waals surface area contributed by atoms with Crippen molar-refractivity contribution in [2.24, 2.45) is 34.8 Å². The molecule has 14 heteroatoms. The first-order valence-corrected chi connectivity index (χ1v) is 18.8. The van der Waals surface area contributed by atoms with Crippen molar-refractivity contribution in [3.05, 3.63) is 35.4 Å². The number of alkyl halides is 2. The minimum atomic E-state index is -1.35. The van der Waals surface area contributed by atoms with Crippen molar-refractivity contribution in [3.8, 4) is 0 Å². The fourth-order valence-corrected chi connectivity index (χ4v) is 8.35. The average Bonchev–Trinajstić information content (AvgIpc) is 3.58. The van der Waals surface area contributed by atoms with Crippen LogP contribution in [0.25, 0.3) is 0 Å². The van der Waals surface area contributed by atoms with Crippen molar-refractivity contribution in [3.63, 3.8) is 0 Å². The third-order valence-electron chi connectivity index (χ3n) is 10.4. The van der Waals surface area contributed by atoms with Gasteiger partial charge in [0.05, 0.1) is 17.7 Å². The Bertz CT molecular complexity index is 1430. The number of primary amides is 1. The molecule has 3 aliphatic rings. The van der Waals surface area contributed by atoms with Gasteiger partial charge in [0.2, 0.25) is 17.6 Å². The molecule has 1 aromatic rings. The van der Waals surface area contributed by atoms with Crippen LogP contribution < -0.4 is 21.7 Å². The summed E-state index contributed by atoms with van der Waals surface area (Å²) in [5.41, 5.74) is 6.13. The number of rotatable bonds is 13. The lowest BCUT2D eigenvalue weighted by Crippen LogP contribution is -2.62. The van der Waals surface area contributed by atoms with E-state index in [0.717, 1.165) is 30.4 Å². The van der Waals surface area contributed by atoms with Gasteiger partial charge in [-0.1, -0.05) is 71.2 Å². The Kier molecular flexibility index (Phi) is 13.1. The van der Waals surface area contributed by atoms with E-state index < -0.39 is 81.8 Å². The molecule has 1 heterocycles. The Morgan fingerprint density at radius 1 is 0.980 bits per heavy atom. The molecule has 51 heavy (non-hydrogen) atoms. The minimum absolute atomic E-state index is 0.108. The Balaban J connectivity index is 1.65. The summed E-state index contributed by atoms with van der Waals surface area (Å²) in [6.45, 7) is 12.9. The fourth-order valence-electron chi connectivity index (χ4n) is 7.57. The number of urea groups is 1. The number of aliphatic hydroxyl groups excluding tert-OH is 1. The number of fused-ring (bicyclic) bond motifs is 1. The van der Waals surface area contributed by atoms with E-state index in [0.29, 0.717) is 12.8 Å². The number of ketones is 1. The van der Waals surface area contributed by atoms with Crippen molar-refractivity contribution in [1.29, 1.82) is 0 Å². The molecule has 4 rings (SSSR count). The molecular weight excluding hydrogens is 697 g/mol. The summed E-state index contributed by atoms with van der Waals surface area (Å²) in [5.74, 6) is -4.49. The number of nitrogens with one attached hydrogen (secondary N) is 3. The first kappa shape index (κ1) is 40.8. The summed E-state index contributed by atoms with van der Waals surface area (Å²) < 4.78 is 5.80. The maximum atomic E-state index is 14.8. The zero-order chi connectivity index (χ0) is 38.0. The number of halogens is 2. The van der Waals surface area contributed by atoms with Crippen molar-refractivity contribution in [1.82, 2.24) is 20.9 Å². The molecule has 2 unspecified atom stereocenters. The number of carbonyl (C=O) groups excluding carboxylic acids is 5. The first-order valence-electron chi connectivity index (χ1n) is 17.9. The molecule has 6 N–H and O–H groups in total. The summed E-state index contributed by atoms with van der Waals surface area (Å²) >= 11 is 12.9. The van der Waals surface area contributed by atoms with Gasteiger partial charge in [0, 0.05) is 12.5 Å². The SMILES string of the molecule is C[C@H]1CN(C(=O)[C@@H](NC(=O)N[C@H](C(O)OC(C)(C)C)C(C)(C)C)C2Cc3ccccc3C2)[C@H](C(=O)NC(CC2CCC2)C(=O)C(N)=O)[C@H]1C(Cl)Cl. The monoisotopic (exact) mass is 751 g/mol. The van der Waals surface area contributed by atoms with E-state index in [4.69, 9.17) is 33.7 Å². The van der Waals surface area contributed by atoms with Crippen LogP contribution in [0, 0.1) is 29.1 Å². The summed E-state index contributed by atoms with van der Waals surface area (Å²) in [5, 5.41) is 19.5. The molecule has 2 aliphatic carbocycles. The number of aliphatic hydroxyl groups is 1. The number of hydrogen-bond acceptors (Lipinski definition) is 7. The smallest absolute Gasteiger partial charge is 0.315 e. The molecule has 1 saturated carbocycles. The molecule has 0 bridgehead atoms. The largest absolute Gasteiger partial charge is 0.366 e. The molecule has 1 aliphatic heterocycles. The quantitative estimate of drug-likeness (QED) is 0.116. The van der Waals surface area contributed by atoms with Crippen molar-refractivity contribution in [2.75, 3.05) is 6.54 Å². The van der Waals surface area contributed by atoms with E-state index in [-0.39, 0.29) is 30.7 Å². The number of ether oxygens (including phenoxy) is 1. The van der Waals surface area contributed by atoms with Gasteiger partial charge in [-0.05, 0) is 74.3 Å². The topological polar surface area (TPSA) is 180 Å². The van der Waals surface area contributed by atoms with E-state index in [1.165, 1.54) is 4.90 Å².